The minimum Gasteiger partial charge on any atom is -0.495 e. The molecule has 104 valence electrons. The number of amides is 1. The van der Waals surface area contributed by atoms with Crippen molar-refractivity contribution < 1.29 is 9.53 Å². The van der Waals surface area contributed by atoms with E-state index in [0.29, 0.717) is 23.4 Å². The molecule has 0 aliphatic heterocycles. The number of hydrogen-bond acceptors (Lipinski definition) is 4. The minimum absolute atomic E-state index is 0.147. The molecule has 1 amide bonds. The molecule has 5 nitrogen and oxygen atoms in total. The van der Waals surface area contributed by atoms with Gasteiger partial charge in [0.1, 0.15) is 17.7 Å². The third-order valence-electron chi connectivity index (χ3n) is 2.74. The second-order valence-electron chi connectivity index (χ2n) is 3.97. The van der Waals surface area contributed by atoms with Crippen LogP contribution in [0.2, 0.25) is 0 Å². The van der Waals surface area contributed by atoms with Crippen LogP contribution in [0.5, 0.6) is 5.75 Å². The van der Waals surface area contributed by atoms with Crippen molar-refractivity contribution in [2.45, 2.75) is 13.0 Å². The van der Waals surface area contributed by atoms with E-state index in [-0.39, 0.29) is 24.8 Å². The molecule has 0 saturated carbocycles. The molecule has 0 spiro atoms. The average Bonchev–Trinajstić information content (AvgIpc) is 2.49. The lowest BCUT2D eigenvalue weighted by Crippen LogP contribution is -2.32. The summed E-state index contributed by atoms with van der Waals surface area (Å²) >= 11 is 5.57. The Labute approximate surface area is 122 Å². The number of ether oxygens (including phenoxy) is 1. The van der Waals surface area contributed by atoms with Crippen LogP contribution in [0.25, 0.3) is 0 Å². The lowest BCUT2D eigenvalue weighted by atomic mass is 10.1. The topological polar surface area (TPSA) is 77.1 Å². The SMILES string of the molecule is COc1c(C#N)cccc1CN(CCC#N)C(=O)CCl. The zero-order chi connectivity index (χ0) is 15.0. The number of benzene rings is 1. The molecular formula is C14H14ClN3O2. The number of hydrogen-bond donors (Lipinski definition) is 0. The first-order chi connectivity index (χ1) is 9.67. The first-order valence-electron chi connectivity index (χ1n) is 5.94. The van der Waals surface area contributed by atoms with Gasteiger partial charge < -0.3 is 9.64 Å². The van der Waals surface area contributed by atoms with E-state index in [1.165, 1.54) is 12.0 Å². The summed E-state index contributed by atoms with van der Waals surface area (Å²) in [5.41, 5.74) is 1.12. The molecule has 0 N–H and O–H groups in total. The molecule has 0 unspecified atom stereocenters. The minimum atomic E-state index is -0.258. The molecule has 6 heteroatoms. The summed E-state index contributed by atoms with van der Waals surface area (Å²) in [6.45, 7) is 0.550. The van der Waals surface area contributed by atoms with Gasteiger partial charge >= 0.3 is 0 Å². The Morgan fingerprint density at radius 2 is 2.20 bits per heavy atom. The van der Waals surface area contributed by atoms with Crippen LogP contribution in [0.4, 0.5) is 0 Å². The summed E-state index contributed by atoms with van der Waals surface area (Å²) in [6, 6.07) is 9.18. The van der Waals surface area contributed by atoms with Crippen molar-refractivity contribution in [3.05, 3.63) is 29.3 Å². The highest BCUT2D eigenvalue weighted by molar-refractivity contribution is 6.27. The van der Waals surface area contributed by atoms with Gasteiger partial charge in [0.15, 0.2) is 0 Å². The number of carbonyl (C=O) groups is 1. The Hall–Kier alpha value is -2.24. The van der Waals surface area contributed by atoms with E-state index in [2.05, 4.69) is 0 Å². The second kappa shape index (κ2) is 8.04. The Balaban J connectivity index is 3.02. The molecule has 0 aromatic heterocycles. The van der Waals surface area contributed by atoms with Crippen LogP contribution in [0.15, 0.2) is 18.2 Å². The van der Waals surface area contributed by atoms with Crippen molar-refractivity contribution in [2.75, 3.05) is 19.5 Å². The molecule has 1 aromatic carbocycles. The molecule has 1 rings (SSSR count). The number of halogens is 1. The Kier molecular flexibility index (Phi) is 6.36. The van der Waals surface area contributed by atoms with Crippen LogP contribution in [-0.4, -0.2) is 30.3 Å². The smallest absolute Gasteiger partial charge is 0.237 e. The molecule has 20 heavy (non-hydrogen) atoms. The molecule has 1 aromatic rings. The van der Waals surface area contributed by atoms with Crippen molar-refractivity contribution >= 4 is 17.5 Å². The number of alkyl halides is 1. The van der Waals surface area contributed by atoms with Gasteiger partial charge in [-0.05, 0) is 6.07 Å². The van der Waals surface area contributed by atoms with E-state index in [0.717, 1.165) is 0 Å². The van der Waals surface area contributed by atoms with Crippen molar-refractivity contribution in [2.24, 2.45) is 0 Å². The molecule has 0 fully saturated rings. The maximum atomic E-state index is 11.8. The summed E-state index contributed by atoms with van der Waals surface area (Å²) < 4.78 is 5.23. The molecular weight excluding hydrogens is 278 g/mol. The summed E-state index contributed by atoms with van der Waals surface area (Å²) in [5, 5.41) is 17.7. The van der Waals surface area contributed by atoms with Gasteiger partial charge in [0.2, 0.25) is 5.91 Å². The number of nitriles is 2. The lowest BCUT2D eigenvalue weighted by Gasteiger charge is -2.22. The first kappa shape index (κ1) is 15.8. The van der Waals surface area contributed by atoms with Gasteiger partial charge in [0.25, 0.3) is 0 Å². The van der Waals surface area contributed by atoms with Crippen LogP contribution in [0, 0.1) is 22.7 Å². The molecule has 0 heterocycles. The summed E-state index contributed by atoms with van der Waals surface area (Å²) in [6.07, 6.45) is 0.225. The molecule has 0 aliphatic carbocycles. The van der Waals surface area contributed by atoms with Crippen molar-refractivity contribution in [1.82, 2.24) is 4.90 Å². The fourth-order valence-corrected chi connectivity index (χ4v) is 1.97. The van der Waals surface area contributed by atoms with Crippen LogP contribution in [-0.2, 0) is 11.3 Å². The van der Waals surface area contributed by atoms with Gasteiger partial charge in [-0.3, -0.25) is 4.79 Å². The van der Waals surface area contributed by atoms with E-state index in [1.807, 2.05) is 12.1 Å². The van der Waals surface area contributed by atoms with E-state index >= 15 is 0 Å². The lowest BCUT2D eigenvalue weighted by molar-refractivity contribution is -0.129. The maximum Gasteiger partial charge on any atom is 0.237 e. The molecule has 0 bridgehead atoms. The number of nitrogens with zero attached hydrogens (tertiary/aromatic N) is 3. The van der Waals surface area contributed by atoms with E-state index in [1.54, 1.807) is 18.2 Å². The fourth-order valence-electron chi connectivity index (χ4n) is 1.81. The quantitative estimate of drug-likeness (QED) is 0.752. The van der Waals surface area contributed by atoms with E-state index in [4.69, 9.17) is 26.9 Å². The van der Waals surface area contributed by atoms with Gasteiger partial charge in [-0.2, -0.15) is 10.5 Å². The highest BCUT2D eigenvalue weighted by Gasteiger charge is 2.16. The van der Waals surface area contributed by atoms with Crippen molar-refractivity contribution in [3.63, 3.8) is 0 Å². The largest absolute Gasteiger partial charge is 0.495 e. The third-order valence-corrected chi connectivity index (χ3v) is 2.97. The summed E-state index contributed by atoms with van der Waals surface area (Å²) in [7, 11) is 1.47. The first-order valence-corrected chi connectivity index (χ1v) is 6.48. The van der Waals surface area contributed by atoms with Crippen LogP contribution in [0.1, 0.15) is 17.5 Å². The predicted molar refractivity (Wildman–Crippen MR) is 74.1 cm³/mol. The van der Waals surface area contributed by atoms with Gasteiger partial charge in [0.05, 0.1) is 25.2 Å². The van der Waals surface area contributed by atoms with Gasteiger partial charge in [-0.15, -0.1) is 11.6 Å². The fraction of sp³-hybridized carbons (Fsp3) is 0.357. The highest BCUT2D eigenvalue weighted by Crippen LogP contribution is 2.24. The van der Waals surface area contributed by atoms with Crippen LogP contribution >= 0.6 is 11.6 Å². The van der Waals surface area contributed by atoms with E-state index in [9.17, 15) is 4.79 Å². The van der Waals surface area contributed by atoms with E-state index < -0.39 is 0 Å². The molecule has 0 saturated heterocycles. The highest BCUT2D eigenvalue weighted by atomic mass is 35.5. The van der Waals surface area contributed by atoms with Crippen LogP contribution < -0.4 is 4.74 Å². The molecule has 0 radical (unpaired) electrons. The summed E-state index contributed by atoms with van der Waals surface area (Å²) in [4.78, 5) is 13.2. The number of carbonyl (C=O) groups excluding carboxylic acids is 1. The zero-order valence-corrected chi connectivity index (χ0v) is 11.9. The Morgan fingerprint density at radius 1 is 1.45 bits per heavy atom. The van der Waals surface area contributed by atoms with Crippen molar-refractivity contribution in [1.29, 1.82) is 10.5 Å². The zero-order valence-electron chi connectivity index (χ0n) is 11.1. The monoisotopic (exact) mass is 291 g/mol. The molecule has 0 aliphatic rings. The number of rotatable bonds is 6. The van der Waals surface area contributed by atoms with Gasteiger partial charge in [-0.25, -0.2) is 0 Å². The number of para-hydroxylation sites is 1. The van der Waals surface area contributed by atoms with Crippen molar-refractivity contribution in [3.8, 4) is 17.9 Å². The predicted octanol–water partition coefficient (Wildman–Crippen LogP) is 2.05. The van der Waals surface area contributed by atoms with Gasteiger partial charge in [-0.1, -0.05) is 12.1 Å². The van der Waals surface area contributed by atoms with Crippen LogP contribution in [0.3, 0.4) is 0 Å². The third kappa shape index (κ3) is 3.88. The molecule has 0 atom stereocenters. The summed E-state index contributed by atoms with van der Waals surface area (Å²) in [5.74, 6) is 0.0387. The average molecular weight is 292 g/mol. The van der Waals surface area contributed by atoms with Gasteiger partial charge in [0, 0.05) is 18.7 Å². The Morgan fingerprint density at radius 3 is 2.75 bits per heavy atom. The maximum absolute atomic E-state index is 11.8. The Bertz CT molecular complexity index is 561. The standard InChI is InChI=1S/C14H14ClN3O2/c1-20-14-11(9-17)4-2-5-12(14)10-18(7-3-6-16)13(19)8-15/h2,4-5H,3,7-8,10H2,1H3. The second-order valence-corrected chi connectivity index (χ2v) is 4.23. The normalized spacial score (nSPS) is 9.40. The number of methoxy groups -OCH3 is 1.